The number of hydrogen-bond acceptors (Lipinski definition) is 3. The predicted molar refractivity (Wildman–Crippen MR) is 75.2 cm³/mol. The summed E-state index contributed by atoms with van der Waals surface area (Å²) < 4.78 is 39.1. The highest BCUT2D eigenvalue weighted by Crippen LogP contribution is 2.17. The molecule has 0 unspecified atom stereocenters. The summed E-state index contributed by atoms with van der Waals surface area (Å²) in [5.74, 6) is -0.786. The van der Waals surface area contributed by atoms with E-state index in [1.54, 1.807) is 0 Å². The average Bonchev–Trinajstić information content (AvgIpc) is 2.84. The molecule has 1 aromatic carbocycles. The molecule has 0 atom stereocenters. The van der Waals surface area contributed by atoms with Crippen LogP contribution in [-0.4, -0.2) is 8.42 Å². The van der Waals surface area contributed by atoms with Crippen LogP contribution >= 0.6 is 22.9 Å². The maximum Gasteiger partial charge on any atom is 0.216 e. The van der Waals surface area contributed by atoms with Gasteiger partial charge in [0.2, 0.25) is 10.0 Å². The first-order valence-corrected chi connectivity index (χ1v) is 8.36. The highest BCUT2D eigenvalue weighted by molar-refractivity contribution is 7.88. The van der Waals surface area contributed by atoms with Crippen molar-refractivity contribution in [2.45, 2.75) is 12.3 Å². The molecule has 0 bridgehead atoms. The van der Waals surface area contributed by atoms with Gasteiger partial charge in [0.15, 0.2) is 0 Å². The van der Waals surface area contributed by atoms with Crippen molar-refractivity contribution < 1.29 is 12.8 Å². The van der Waals surface area contributed by atoms with Crippen LogP contribution in [0.15, 0.2) is 35.0 Å². The molecule has 0 aliphatic carbocycles. The molecule has 0 saturated carbocycles. The lowest BCUT2D eigenvalue weighted by atomic mass is 10.2. The van der Waals surface area contributed by atoms with Crippen LogP contribution in [0.25, 0.3) is 0 Å². The molecule has 1 heterocycles. The summed E-state index contributed by atoms with van der Waals surface area (Å²) in [6.45, 7) is 0.251. The largest absolute Gasteiger partial charge is 0.216 e. The Morgan fingerprint density at radius 2 is 2.05 bits per heavy atom. The van der Waals surface area contributed by atoms with Gasteiger partial charge in [-0.2, -0.15) is 11.3 Å². The summed E-state index contributed by atoms with van der Waals surface area (Å²) in [5, 5.41) is 3.67. The zero-order valence-corrected chi connectivity index (χ0v) is 12.2. The molecule has 102 valence electrons. The fourth-order valence-electron chi connectivity index (χ4n) is 1.49. The van der Waals surface area contributed by atoms with Crippen LogP contribution in [0.1, 0.15) is 11.1 Å². The molecule has 7 heteroatoms. The van der Waals surface area contributed by atoms with E-state index in [0.717, 1.165) is 11.6 Å². The summed E-state index contributed by atoms with van der Waals surface area (Å²) in [5.41, 5.74) is 1.36. The summed E-state index contributed by atoms with van der Waals surface area (Å²) in [7, 11) is -3.47. The molecule has 0 aliphatic heterocycles. The first-order valence-electron chi connectivity index (χ1n) is 5.38. The van der Waals surface area contributed by atoms with E-state index in [0.29, 0.717) is 5.56 Å². The Bertz CT molecular complexity index is 656. The van der Waals surface area contributed by atoms with E-state index in [2.05, 4.69) is 4.72 Å². The van der Waals surface area contributed by atoms with Gasteiger partial charge in [-0.1, -0.05) is 17.7 Å². The van der Waals surface area contributed by atoms with Crippen LogP contribution in [0.2, 0.25) is 5.02 Å². The fourth-order valence-corrected chi connectivity index (χ4v) is 3.47. The second kappa shape index (κ2) is 6.00. The average molecular weight is 320 g/mol. The van der Waals surface area contributed by atoms with Gasteiger partial charge in [0, 0.05) is 6.54 Å². The van der Waals surface area contributed by atoms with Crippen LogP contribution in [0, 0.1) is 5.82 Å². The lowest BCUT2D eigenvalue weighted by Gasteiger charge is -2.06. The van der Waals surface area contributed by atoms with Gasteiger partial charge in [-0.15, -0.1) is 0 Å². The number of sulfonamides is 1. The van der Waals surface area contributed by atoms with Crippen LogP contribution in [0.5, 0.6) is 0 Å². The van der Waals surface area contributed by atoms with Crippen molar-refractivity contribution in [2.75, 3.05) is 0 Å². The smallest absolute Gasteiger partial charge is 0.212 e. The van der Waals surface area contributed by atoms with Crippen molar-refractivity contribution in [3.8, 4) is 0 Å². The van der Waals surface area contributed by atoms with Gasteiger partial charge in [-0.3, -0.25) is 0 Å². The zero-order chi connectivity index (χ0) is 13.9. The molecular weight excluding hydrogens is 309 g/mol. The molecule has 1 aromatic heterocycles. The van der Waals surface area contributed by atoms with Crippen molar-refractivity contribution in [1.82, 2.24) is 4.72 Å². The standard InChI is InChI=1S/C12H11ClFNO2S2/c13-11-5-9(1-2-12(11)14)8-19(16,17)15-6-10-3-4-18-7-10/h1-5,7,15H,6,8H2. The zero-order valence-electron chi connectivity index (χ0n) is 9.77. The Balaban J connectivity index is 2.02. The molecule has 1 N–H and O–H groups in total. The third kappa shape index (κ3) is 4.28. The van der Waals surface area contributed by atoms with E-state index in [9.17, 15) is 12.8 Å². The third-order valence-corrected chi connectivity index (χ3v) is 4.74. The second-order valence-electron chi connectivity index (χ2n) is 3.96. The first-order chi connectivity index (χ1) is 8.96. The minimum atomic E-state index is -3.47. The maximum atomic E-state index is 13.0. The van der Waals surface area contributed by atoms with E-state index >= 15 is 0 Å². The minimum Gasteiger partial charge on any atom is -0.212 e. The van der Waals surface area contributed by atoms with Crippen LogP contribution in [0.3, 0.4) is 0 Å². The third-order valence-electron chi connectivity index (χ3n) is 2.42. The van der Waals surface area contributed by atoms with Gasteiger partial charge in [0.05, 0.1) is 10.8 Å². The number of thiophene rings is 1. The second-order valence-corrected chi connectivity index (χ2v) is 6.95. The van der Waals surface area contributed by atoms with Gasteiger partial charge in [-0.05, 0) is 40.1 Å². The van der Waals surface area contributed by atoms with E-state index in [-0.39, 0.29) is 17.3 Å². The van der Waals surface area contributed by atoms with Crippen molar-refractivity contribution >= 4 is 33.0 Å². The van der Waals surface area contributed by atoms with Gasteiger partial charge < -0.3 is 0 Å². The van der Waals surface area contributed by atoms with Crippen LogP contribution in [-0.2, 0) is 22.3 Å². The van der Waals surface area contributed by atoms with Crippen LogP contribution in [0.4, 0.5) is 4.39 Å². The van der Waals surface area contributed by atoms with Gasteiger partial charge in [0.1, 0.15) is 5.82 Å². The number of nitrogens with one attached hydrogen (secondary N) is 1. The summed E-state index contributed by atoms with van der Waals surface area (Å²) in [6.07, 6.45) is 0. The monoisotopic (exact) mass is 319 g/mol. The number of halogens is 2. The van der Waals surface area contributed by atoms with E-state index < -0.39 is 15.8 Å². The normalized spacial score (nSPS) is 11.7. The molecule has 0 aliphatic rings. The predicted octanol–water partition coefficient (Wildman–Crippen LogP) is 3.16. The Kier molecular flexibility index (Phi) is 4.57. The highest BCUT2D eigenvalue weighted by atomic mass is 35.5. The highest BCUT2D eigenvalue weighted by Gasteiger charge is 2.12. The quantitative estimate of drug-likeness (QED) is 0.920. The minimum absolute atomic E-state index is 0.0782. The van der Waals surface area contributed by atoms with E-state index in [1.165, 1.54) is 23.5 Å². The summed E-state index contributed by atoms with van der Waals surface area (Å²) in [6, 6.07) is 5.74. The lowest BCUT2D eigenvalue weighted by Crippen LogP contribution is -2.24. The molecule has 0 fully saturated rings. The summed E-state index contributed by atoms with van der Waals surface area (Å²) in [4.78, 5) is 0. The van der Waals surface area contributed by atoms with Gasteiger partial charge in [0.25, 0.3) is 0 Å². The van der Waals surface area contributed by atoms with Gasteiger partial charge >= 0.3 is 0 Å². The Morgan fingerprint density at radius 1 is 1.26 bits per heavy atom. The molecule has 19 heavy (non-hydrogen) atoms. The van der Waals surface area contributed by atoms with Gasteiger partial charge in [-0.25, -0.2) is 17.5 Å². The summed E-state index contributed by atoms with van der Waals surface area (Å²) >= 11 is 7.12. The molecule has 0 saturated heterocycles. The Hall–Kier alpha value is -0.950. The number of benzene rings is 1. The molecule has 2 aromatic rings. The SMILES string of the molecule is O=S(=O)(Cc1ccc(F)c(Cl)c1)NCc1ccsc1. The number of rotatable bonds is 5. The maximum absolute atomic E-state index is 13.0. The van der Waals surface area contributed by atoms with Crippen molar-refractivity contribution in [3.63, 3.8) is 0 Å². The van der Waals surface area contributed by atoms with Crippen molar-refractivity contribution in [1.29, 1.82) is 0 Å². The van der Waals surface area contributed by atoms with Crippen LogP contribution < -0.4 is 4.72 Å². The molecule has 0 spiro atoms. The molecule has 0 amide bonds. The Morgan fingerprint density at radius 3 is 2.68 bits per heavy atom. The van der Waals surface area contributed by atoms with E-state index in [1.807, 2.05) is 16.8 Å². The van der Waals surface area contributed by atoms with Crippen molar-refractivity contribution in [3.05, 3.63) is 57.0 Å². The first kappa shape index (κ1) is 14.5. The molecular formula is C12H11ClFNO2S2. The van der Waals surface area contributed by atoms with E-state index in [4.69, 9.17) is 11.6 Å². The molecule has 0 radical (unpaired) electrons. The molecule has 3 nitrogen and oxygen atoms in total. The topological polar surface area (TPSA) is 46.2 Å². The van der Waals surface area contributed by atoms with Crippen molar-refractivity contribution in [2.24, 2.45) is 0 Å². The number of hydrogen-bond donors (Lipinski definition) is 1. The molecule has 2 rings (SSSR count). The lowest BCUT2D eigenvalue weighted by molar-refractivity contribution is 0.580. The fraction of sp³-hybridized carbons (Fsp3) is 0.167. The Labute approximate surface area is 120 Å².